The normalized spacial score (nSPS) is 37.5. The molecule has 0 aromatic heterocycles. The highest BCUT2D eigenvalue weighted by Crippen LogP contribution is 2.43. The zero-order valence-corrected chi connectivity index (χ0v) is 16.9. The van der Waals surface area contributed by atoms with E-state index >= 15 is 0 Å². The molecule has 0 saturated carbocycles. The second kappa shape index (κ2) is 7.05. The number of Topliss-reactive ketones (excluding diaryl/α,β-unsaturated/α-hetero) is 1. The van der Waals surface area contributed by atoms with Gasteiger partial charge in [-0.25, -0.2) is 0 Å². The van der Waals surface area contributed by atoms with Crippen LogP contribution in [-0.4, -0.2) is 98.4 Å². The van der Waals surface area contributed by atoms with Crippen LogP contribution in [0.2, 0.25) is 0 Å². The number of fused-ring (bicyclic) bond motifs is 2. The molecule has 0 radical (unpaired) electrons. The van der Waals surface area contributed by atoms with Crippen molar-refractivity contribution in [2.75, 3.05) is 19.6 Å². The van der Waals surface area contributed by atoms with E-state index in [1.54, 1.807) is 4.90 Å². The molecule has 5 rings (SSSR count). The van der Waals surface area contributed by atoms with Crippen molar-refractivity contribution < 1.29 is 29.4 Å². The molecule has 9 nitrogen and oxygen atoms in total. The highest BCUT2D eigenvalue weighted by molar-refractivity contribution is 6.02. The molecule has 5 fully saturated rings. The monoisotopic (exact) mass is 407 g/mol. The molecular formula is C20H29N3O6. The molecule has 5 aliphatic rings. The summed E-state index contributed by atoms with van der Waals surface area (Å²) in [5, 5.41) is 20.7. The Bertz CT molecular complexity index is 752. The van der Waals surface area contributed by atoms with Gasteiger partial charge in [-0.05, 0) is 39.5 Å². The Morgan fingerprint density at radius 3 is 2.03 bits per heavy atom. The van der Waals surface area contributed by atoms with Crippen molar-refractivity contribution in [3.63, 3.8) is 0 Å². The molecule has 9 heteroatoms. The lowest BCUT2D eigenvalue weighted by Gasteiger charge is -2.54. The van der Waals surface area contributed by atoms with Gasteiger partial charge >= 0.3 is 0 Å². The highest BCUT2D eigenvalue weighted by atomic mass is 16.3. The van der Waals surface area contributed by atoms with Crippen molar-refractivity contribution in [3.05, 3.63) is 0 Å². The maximum atomic E-state index is 13.3. The van der Waals surface area contributed by atoms with Gasteiger partial charge in [-0.1, -0.05) is 0 Å². The average molecular weight is 407 g/mol. The molecule has 160 valence electrons. The molecule has 2 bridgehead atoms. The molecule has 3 amide bonds. The summed E-state index contributed by atoms with van der Waals surface area (Å²) < 4.78 is 0. The molecule has 5 aliphatic heterocycles. The Labute approximate surface area is 169 Å². The van der Waals surface area contributed by atoms with Gasteiger partial charge in [0.15, 0.2) is 5.78 Å². The van der Waals surface area contributed by atoms with E-state index in [0.717, 1.165) is 0 Å². The van der Waals surface area contributed by atoms with Crippen molar-refractivity contribution in [2.24, 2.45) is 5.41 Å². The van der Waals surface area contributed by atoms with Crippen molar-refractivity contribution in [2.45, 2.75) is 76.3 Å². The smallest absolute Gasteiger partial charge is 0.248 e. The SMILES string of the molecule is CC(O)C1C(=O)N2CCCC2C(=O)N2CCCC2C(=O)CC2(C(C)O)CN1C2=O. The number of hydrogen-bond acceptors (Lipinski definition) is 6. The van der Waals surface area contributed by atoms with Gasteiger partial charge in [0.25, 0.3) is 0 Å². The van der Waals surface area contributed by atoms with Gasteiger partial charge < -0.3 is 24.9 Å². The van der Waals surface area contributed by atoms with Gasteiger partial charge in [-0.3, -0.25) is 19.2 Å². The summed E-state index contributed by atoms with van der Waals surface area (Å²) in [5.74, 6) is -1.36. The van der Waals surface area contributed by atoms with Gasteiger partial charge in [-0.2, -0.15) is 0 Å². The first-order valence-electron chi connectivity index (χ1n) is 10.5. The van der Waals surface area contributed by atoms with Crippen molar-refractivity contribution >= 4 is 23.5 Å². The summed E-state index contributed by atoms with van der Waals surface area (Å²) in [6, 6.07) is -2.38. The number of ketones is 1. The number of carbonyl (C=O) groups excluding carboxylic acids is 4. The maximum absolute atomic E-state index is 13.3. The zero-order chi connectivity index (χ0) is 21.1. The van der Waals surface area contributed by atoms with Gasteiger partial charge in [0.1, 0.15) is 12.1 Å². The van der Waals surface area contributed by atoms with E-state index in [1.165, 1.54) is 23.6 Å². The first-order valence-corrected chi connectivity index (χ1v) is 10.5. The number of aliphatic hydroxyl groups is 2. The molecule has 0 aliphatic carbocycles. The second-order valence-corrected chi connectivity index (χ2v) is 8.97. The number of hydrogen-bond donors (Lipinski definition) is 2. The third-order valence-electron chi connectivity index (χ3n) is 7.20. The Balaban J connectivity index is 1.77. The van der Waals surface area contributed by atoms with E-state index < -0.39 is 47.6 Å². The fourth-order valence-corrected chi connectivity index (χ4v) is 5.50. The van der Waals surface area contributed by atoms with Gasteiger partial charge in [0, 0.05) is 26.1 Å². The van der Waals surface area contributed by atoms with Crippen LogP contribution in [0.1, 0.15) is 46.0 Å². The minimum absolute atomic E-state index is 0.0374. The molecule has 0 aromatic rings. The summed E-state index contributed by atoms with van der Waals surface area (Å²) in [6.07, 6.45) is 0.0351. The standard InChI is InChI=1S/C20H29N3O6/c1-11(24)16-18(28)22-8-4-6-14(22)17(27)21-7-3-5-13(21)15(26)9-20(12(2)25)10-23(16)19(20)29/h11-14,16,24-25H,3-10H2,1-2H3. The van der Waals surface area contributed by atoms with Crippen LogP contribution >= 0.6 is 0 Å². The first-order chi connectivity index (χ1) is 13.7. The van der Waals surface area contributed by atoms with Crippen LogP contribution in [0, 0.1) is 5.41 Å². The number of nitrogens with zero attached hydrogens (tertiary/aromatic N) is 3. The topological polar surface area (TPSA) is 118 Å². The third kappa shape index (κ3) is 2.89. The average Bonchev–Trinajstić information content (AvgIpc) is 3.33. The Kier molecular flexibility index (Phi) is 4.93. The summed E-state index contributed by atoms with van der Waals surface area (Å²) in [4.78, 5) is 57.1. The molecular weight excluding hydrogens is 378 g/mol. The number of amides is 3. The van der Waals surface area contributed by atoms with Crippen LogP contribution in [0.4, 0.5) is 0 Å². The van der Waals surface area contributed by atoms with E-state index in [4.69, 9.17) is 0 Å². The number of carbonyl (C=O) groups is 4. The van der Waals surface area contributed by atoms with Crippen LogP contribution < -0.4 is 0 Å². The van der Waals surface area contributed by atoms with Gasteiger partial charge in [-0.15, -0.1) is 0 Å². The lowest BCUT2D eigenvalue weighted by atomic mass is 9.68. The number of β-lactam (4-membered cyclic amide) rings is 1. The van der Waals surface area contributed by atoms with E-state index in [2.05, 4.69) is 0 Å². The minimum atomic E-state index is -1.30. The quantitative estimate of drug-likeness (QED) is 0.561. The van der Waals surface area contributed by atoms with Crippen molar-refractivity contribution in [1.82, 2.24) is 14.7 Å². The van der Waals surface area contributed by atoms with Crippen LogP contribution in [0.15, 0.2) is 0 Å². The molecule has 6 atom stereocenters. The molecule has 5 heterocycles. The Morgan fingerprint density at radius 1 is 0.897 bits per heavy atom. The van der Waals surface area contributed by atoms with Crippen LogP contribution in [0.5, 0.6) is 0 Å². The van der Waals surface area contributed by atoms with Crippen LogP contribution in [0.25, 0.3) is 0 Å². The Morgan fingerprint density at radius 2 is 1.48 bits per heavy atom. The van der Waals surface area contributed by atoms with Gasteiger partial charge in [0.05, 0.1) is 23.7 Å². The fraction of sp³-hybridized carbons (Fsp3) is 0.800. The molecule has 5 saturated heterocycles. The number of rotatable bonds is 2. The van der Waals surface area contributed by atoms with Crippen LogP contribution in [0.3, 0.4) is 0 Å². The highest BCUT2D eigenvalue weighted by Gasteiger charge is 2.61. The molecule has 2 N–H and O–H groups in total. The first kappa shape index (κ1) is 20.3. The molecule has 29 heavy (non-hydrogen) atoms. The van der Waals surface area contributed by atoms with E-state index in [9.17, 15) is 29.4 Å². The van der Waals surface area contributed by atoms with Crippen molar-refractivity contribution in [3.8, 4) is 0 Å². The lowest BCUT2D eigenvalue weighted by Crippen LogP contribution is -2.73. The maximum Gasteiger partial charge on any atom is 0.248 e. The fourth-order valence-electron chi connectivity index (χ4n) is 5.50. The van der Waals surface area contributed by atoms with Crippen molar-refractivity contribution in [1.29, 1.82) is 0 Å². The number of aliphatic hydroxyl groups excluding tert-OH is 2. The minimum Gasteiger partial charge on any atom is -0.392 e. The van der Waals surface area contributed by atoms with Gasteiger partial charge in [0.2, 0.25) is 17.7 Å². The zero-order valence-electron chi connectivity index (χ0n) is 16.9. The molecule has 0 aromatic carbocycles. The predicted molar refractivity (Wildman–Crippen MR) is 100 cm³/mol. The third-order valence-corrected chi connectivity index (χ3v) is 7.20. The van der Waals surface area contributed by atoms with E-state index in [0.29, 0.717) is 38.8 Å². The van der Waals surface area contributed by atoms with E-state index in [-0.39, 0.29) is 24.7 Å². The second-order valence-electron chi connectivity index (χ2n) is 8.97. The molecule has 6 unspecified atom stereocenters. The molecule has 0 spiro atoms. The largest absolute Gasteiger partial charge is 0.392 e. The van der Waals surface area contributed by atoms with E-state index in [1.807, 2.05) is 0 Å². The summed E-state index contributed by atoms with van der Waals surface area (Å²) in [5.41, 5.74) is -1.30. The lowest BCUT2D eigenvalue weighted by molar-refractivity contribution is -0.188. The summed E-state index contributed by atoms with van der Waals surface area (Å²) >= 11 is 0. The summed E-state index contributed by atoms with van der Waals surface area (Å²) in [6.45, 7) is 3.79. The predicted octanol–water partition coefficient (Wildman–Crippen LogP) is -1.10. The summed E-state index contributed by atoms with van der Waals surface area (Å²) in [7, 11) is 0. The Hall–Kier alpha value is -2.00. The van der Waals surface area contributed by atoms with Crippen LogP contribution in [-0.2, 0) is 19.2 Å².